The van der Waals surface area contributed by atoms with Gasteiger partial charge in [-0.15, -0.1) is 10.3 Å². The van der Waals surface area contributed by atoms with Gasteiger partial charge < -0.3 is 5.21 Å². The highest BCUT2D eigenvalue weighted by atomic mass is 16.5. The molecule has 0 aromatic heterocycles. The van der Waals surface area contributed by atoms with E-state index in [0.29, 0.717) is 10.4 Å². The zero-order valence-electron chi connectivity index (χ0n) is 6.68. The molecule has 1 unspecified atom stereocenters. The van der Waals surface area contributed by atoms with Crippen molar-refractivity contribution in [3.63, 3.8) is 0 Å². The first-order chi connectivity index (χ1) is 6.29. The van der Waals surface area contributed by atoms with Crippen molar-refractivity contribution < 1.29 is 9.66 Å². The van der Waals surface area contributed by atoms with Crippen LogP contribution in [0.25, 0.3) is 0 Å². The highest BCUT2D eigenvalue weighted by Gasteiger charge is 2.34. The Labute approximate surface area is 74.2 Å². The number of hydrogen-bond acceptors (Lipinski definition) is 3. The van der Waals surface area contributed by atoms with Crippen molar-refractivity contribution in [2.45, 2.75) is 6.04 Å². The van der Waals surface area contributed by atoms with Crippen LogP contribution in [-0.2, 0) is 4.79 Å². The first-order valence-corrected chi connectivity index (χ1v) is 3.81. The Balaban J connectivity index is 2.36. The van der Waals surface area contributed by atoms with Crippen LogP contribution < -0.4 is 5.43 Å². The number of carbonyl (C=O) groups excluding carboxylic acids is 1. The minimum absolute atomic E-state index is 0.373. The molecule has 1 atom stereocenters. The molecule has 0 radical (unpaired) electrons. The van der Waals surface area contributed by atoms with E-state index in [1.165, 1.54) is 0 Å². The second kappa shape index (κ2) is 2.85. The van der Waals surface area contributed by atoms with Crippen molar-refractivity contribution in [3.8, 4) is 0 Å². The zero-order valence-corrected chi connectivity index (χ0v) is 6.68. The van der Waals surface area contributed by atoms with Crippen LogP contribution in [0.4, 0.5) is 0 Å². The molecule has 1 aromatic carbocycles. The van der Waals surface area contributed by atoms with Crippen molar-refractivity contribution in [3.05, 3.63) is 41.1 Å². The Hall–Kier alpha value is -1.91. The number of amides is 1. The molecule has 0 bridgehead atoms. The molecule has 66 valence electrons. The van der Waals surface area contributed by atoms with Crippen LogP contribution in [0.1, 0.15) is 11.6 Å². The summed E-state index contributed by atoms with van der Waals surface area (Å²) in [6.07, 6.45) is 0. The smallest absolute Gasteiger partial charge is 0.379 e. The topological polar surface area (TPSA) is 67.5 Å². The van der Waals surface area contributed by atoms with Gasteiger partial charge in [0.15, 0.2) is 0 Å². The van der Waals surface area contributed by atoms with E-state index >= 15 is 0 Å². The molecule has 1 N–H and O–H groups in total. The van der Waals surface area contributed by atoms with Crippen molar-refractivity contribution in [2.24, 2.45) is 5.22 Å². The van der Waals surface area contributed by atoms with E-state index in [2.05, 4.69) is 10.6 Å². The van der Waals surface area contributed by atoms with E-state index in [-0.39, 0.29) is 5.91 Å². The van der Waals surface area contributed by atoms with Gasteiger partial charge in [-0.3, -0.25) is 0 Å². The molecule has 0 aliphatic carbocycles. The lowest BCUT2D eigenvalue weighted by molar-refractivity contribution is -0.551. The molecular formula is C8H7N3O2. The van der Waals surface area contributed by atoms with Crippen LogP contribution in [0.2, 0.25) is 0 Å². The fourth-order valence-electron chi connectivity index (χ4n) is 1.23. The summed E-state index contributed by atoms with van der Waals surface area (Å²) in [5, 5.41) is 14.3. The summed E-state index contributed by atoms with van der Waals surface area (Å²) in [4.78, 5) is 11.5. The number of carbonyl (C=O) groups is 1. The Kier molecular flexibility index (Phi) is 1.70. The summed E-state index contributed by atoms with van der Waals surface area (Å²) < 4.78 is 0. The predicted octanol–water partition coefficient (Wildman–Crippen LogP) is 0.735. The van der Waals surface area contributed by atoms with Gasteiger partial charge in [0.25, 0.3) is 0 Å². The monoisotopic (exact) mass is 177 g/mol. The largest absolute Gasteiger partial charge is 0.695 e. The van der Waals surface area contributed by atoms with Gasteiger partial charge in [-0.2, -0.15) is 0 Å². The van der Waals surface area contributed by atoms with Crippen LogP contribution >= 0.6 is 0 Å². The number of nitrogens with one attached hydrogen (secondary N) is 1. The van der Waals surface area contributed by atoms with E-state index in [1.807, 2.05) is 6.07 Å². The van der Waals surface area contributed by atoms with Gasteiger partial charge in [-0.1, -0.05) is 30.3 Å². The second-order valence-corrected chi connectivity index (χ2v) is 2.69. The van der Waals surface area contributed by atoms with Crippen molar-refractivity contribution in [2.75, 3.05) is 0 Å². The molecule has 0 fully saturated rings. The molecule has 5 heteroatoms. The molecule has 1 aliphatic rings. The maximum atomic E-state index is 11.1. The third kappa shape index (κ3) is 1.24. The summed E-state index contributed by atoms with van der Waals surface area (Å²) in [6.45, 7) is 0. The van der Waals surface area contributed by atoms with Gasteiger partial charge in [0.1, 0.15) is 0 Å². The van der Waals surface area contributed by atoms with Gasteiger partial charge in [-0.05, 0) is 0 Å². The standard InChI is InChI=1S/C8H7N3O2/c12-8-7(11(13)10-9-8)6-4-2-1-3-5-6/h1-5,7H,(H,9,12). The molecule has 0 spiro atoms. The van der Waals surface area contributed by atoms with Crippen LogP contribution in [0.5, 0.6) is 0 Å². The molecule has 5 nitrogen and oxygen atoms in total. The molecule has 1 amide bonds. The van der Waals surface area contributed by atoms with Crippen molar-refractivity contribution in [1.82, 2.24) is 5.43 Å². The molecule has 2 rings (SSSR count). The highest BCUT2D eigenvalue weighted by Crippen LogP contribution is 2.19. The first-order valence-electron chi connectivity index (χ1n) is 3.81. The van der Waals surface area contributed by atoms with Crippen LogP contribution in [0, 0.1) is 5.21 Å². The molecule has 1 aliphatic heterocycles. The molecule has 0 saturated carbocycles. The normalized spacial score (nSPS) is 21.1. The van der Waals surface area contributed by atoms with Gasteiger partial charge in [0.05, 0.1) is 5.22 Å². The number of hydroxylamine groups is 1. The number of nitrogens with zero attached hydrogens (tertiary/aromatic N) is 2. The highest BCUT2D eigenvalue weighted by molar-refractivity contribution is 5.82. The Morgan fingerprint density at radius 1 is 1.38 bits per heavy atom. The minimum Gasteiger partial charge on any atom is -0.695 e. The lowest BCUT2D eigenvalue weighted by Gasteiger charge is -2.07. The maximum absolute atomic E-state index is 11.1. The third-order valence-corrected chi connectivity index (χ3v) is 1.84. The summed E-state index contributed by atoms with van der Waals surface area (Å²) >= 11 is 0. The molecule has 1 aromatic rings. The lowest BCUT2D eigenvalue weighted by Crippen LogP contribution is -2.20. The molecular weight excluding hydrogens is 170 g/mol. The number of rotatable bonds is 1. The fraction of sp³-hybridized carbons (Fsp3) is 0.125. The summed E-state index contributed by atoms with van der Waals surface area (Å²) in [7, 11) is 0. The van der Waals surface area contributed by atoms with Gasteiger partial charge in [-0.25, -0.2) is 4.79 Å². The zero-order chi connectivity index (χ0) is 9.26. The summed E-state index contributed by atoms with van der Waals surface area (Å²) in [5.41, 5.74) is 2.77. The van der Waals surface area contributed by atoms with Gasteiger partial charge in [0.2, 0.25) is 6.04 Å². The SMILES string of the molecule is O=C1NN=[N+]([O-])C1c1ccccc1. The number of benzene rings is 1. The summed E-state index contributed by atoms with van der Waals surface area (Å²) in [5.74, 6) is -0.388. The Morgan fingerprint density at radius 3 is 2.62 bits per heavy atom. The van der Waals surface area contributed by atoms with Crippen LogP contribution in [0.3, 0.4) is 0 Å². The van der Waals surface area contributed by atoms with Crippen molar-refractivity contribution >= 4 is 5.91 Å². The van der Waals surface area contributed by atoms with E-state index in [1.54, 1.807) is 24.3 Å². The summed E-state index contributed by atoms with van der Waals surface area (Å²) in [6, 6.07) is 7.97. The van der Waals surface area contributed by atoms with E-state index in [4.69, 9.17) is 0 Å². The molecule has 0 saturated heterocycles. The molecule has 1 heterocycles. The lowest BCUT2D eigenvalue weighted by atomic mass is 10.1. The van der Waals surface area contributed by atoms with E-state index < -0.39 is 6.04 Å². The van der Waals surface area contributed by atoms with Gasteiger partial charge >= 0.3 is 5.91 Å². The molecule has 13 heavy (non-hydrogen) atoms. The maximum Gasteiger partial charge on any atom is 0.379 e. The Morgan fingerprint density at radius 2 is 2.08 bits per heavy atom. The fourth-order valence-corrected chi connectivity index (χ4v) is 1.23. The third-order valence-electron chi connectivity index (χ3n) is 1.84. The average molecular weight is 177 g/mol. The van der Waals surface area contributed by atoms with E-state index in [9.17, 15) is 10.0 Å². The number of hydrogen-bond donors (Lipinski definition) is 1. The quantitative estimate of drug-likeness (QED) is 0.507. The van der Waals surface area contributed by atoms with E-state index in [0.717, 1.165) is 0 Å². The first kappa shape index (κ1) is 7.72. The Bertz CT molecular complexity index is 361. The van der Waals surface area contributed by atoms with Crippen molar-refractivity contribution in [1.29, 1.82) is 0 Å². The predicted molar refractivity (Wildman–Crippen MR) is 43.4 cm³/mol. The van der Waals surface area contributed by atoms with Gasteiger partial charge in [0, 0.05) is 5.56 Å². The minimum atomic E-state index is -0.832. The second-order valence-electron chi connectivity index (χ2n) is 2.69. The average Bonchev–Trinajstić information content (AvgIpc) is 2.48. The van der Waals surface area contributed by atoms with Crippen LogP contribution in [0.15, 0.2) is 35.6 Å². The van der Waals surface area contributed by atoms with Crippen LogP contribution in [-0.4, -0.2) is 10.8 Å².